The van der Waals surface area contributed by atoms with Crippen molar-refractivity contribution < 1.29 is 0 Å². The third-order valence-electron chi connectivity index (χ3n) is 4.98. The molecule has 4 rings (SSSR count). The molecule has 0 radical (unpaired) electrons. The van der Waals surface area contributed by atoms with Crippen LogP contribution >= 0.6 is 0 Å². The zero-order valence-corrected chi connectivity index (χ0v) is 17.5. The van der Waals surface area contributed by atoms with Crippen LogP contribution in [0.4, 0.5) is 5.82 Å². The molecule has 1 aromatic carbocycles. The third kappa shape index (κ3) is 3.67. The minimum absolute atomic E-state index is 0.394. The molecule has 152 valence electrons. The lowest BCUT2D eigenvalue weighted by Crippen LogP contribution is -2.03. The average Bonchev–Trinajstić information content (AvgIpc) is 3.16. The fourth-order valence-electron chi connectivity index (χ4n) is 3.38. The van der Waals surface area contributed by atoms with Crippen molar-refractivity contribution in [2.45, 2.75) is 13.8 Å². The van der Waals surface area contributed by atoms with Crippen molar-refractivity contribution >= 4 is 28.8 Å². The van der Waals surface area contributed by atoms with Gasteiger partial charge in [-0.1, -0.05) is 17.7 Å². The molecule has 0 saturated heterocycles. The highest BCUT2D eigenvalue weighted by Gasteiger charge is 2.19. The predicted molar refractivity (Wildman–Crippen MR) is 124 cm³/mol. The zero-order chi connectivity index (χ0) is 22.0. The monoisotopic (exact) mass is 407 g/mol. The van der Waals surface area contributed by atoms with E-state index in [1.165, 1.54) is 0 Å². The second kappa shape index (κ2) is 8.20. The lowest BCUT2D eigenvalue weighted by Gasteiger charge is -2.11. The summed E-state index contributed by atoms with van der Waals surface area (Å²) in [5, 5.41) is 9.41. The van der Waals surface area contributed by atoms with Crippen molar-refractivity contribution in [3.05, 3.63) is 71.6 Å². The van der Waals surface area contributed by atoms with Crippen LogP contribution in [0, 0.1) is 18.3 Å². The number of nitrogens with zero attached hydrogens (tertiary/aromatic N) is 6. The van der Waals surface area contributed by atoms with Crippen LogP contribution in [-0.4, -0.2) is 32.8 Å². The van der Waals surface area contributed by atoms with Crippen molar-refractivity contribution in [1.82, 2.24) is 19.5 Å². The first kappa shape index (κ1) is 20.0. The van der Waals surface area contributed by atoms with Gasteiger partial charge in [0.05, 0.1) is 17.3 Å². The molecular formula is C24H21N7. The average molecular weight is 407 g/mol. The minimum Gasteiger partial charge on any atom is -0.383 e. The van der Waals surface area contributed by atoms with Gasteiger partial charge in [-0.2, -0.15) is 5.26 Å². The number of hydrogen-bond acceptors (Lipinski definition) is 6. The van der Waals surface area contributed by atoms with Crippen LogP contribution in [0.3, 0.4) is 0 Å². The Morgan fingerprint density at radius 3 is 2.58 bits per heavy atom. The second-order valence-corrected chi connectivity index (χ2v) is 7.12. The van der Waals surface area contributed by atoms with E-state index < -0.39 is 0 Å². The van der Waals surface area contributed by atoms with Gasteiger partial charge < -0.3 is 5.73 Å². The van der Waals surface area contributed by atoms with E-state index in [9.17, 15) is 5.26 Å². The summed E-state index contributed by atoms with van der Waals surface area (Å²) in [4.78, 5) is 18.0. The van der Waals surface area contributed by atoms with Crippen LogP contribution in [0.2, 0.25) is 0 Å². The molecule has 0 spiro atoms. The number of aliphatic imine (C=N–C) groups is 1. The maximum Gasteiger partial charge on any atom is 0.165 e. The molecule has 0 amide bonds. The molecule has 31 heavy (non-hydrogen) atoms. The fourth-order valence-corrected chi connectivity index (χ4v) is 3.38. The maximum atomic E-state index is 9.41. The number of aromatic nitrogens is 4. The highest BCUT2D eigenvalue weighted by Crippen LogP contribution is 2.31. The summed E-state index contributed by atoms with van der Waals surface area (Å²) < 4.78 is 1.97. The van der Waals surface area contributed by atoms with Gasteiger partial charge in [-0.25, -0.2) is 15.0 Å². The number of imidazole rings is 1. The highest BCUT2D eigenvalue weighted by molar-refractivity contribution is 6.11. The van der Waals surface area contributed by atoms with Crippen molar-refractivity contribution in [3.8, 4) is 23.1 Å². The number of aryl methyl sites for hydroxylation is 1. The van der Waals surface area contributed by atoms with E-state index in [4.69, 9.17) is 15.7 Å². The minimum atomic E-state index is 0.394. The Morgan fingerprint density at radius 1 is 1.13 bits per heavy atom. The van der Waals surface area contributed by atoms with Gasteiger partial charge >= 0.3 is 0 Å². The molecule has 7 nitrogen and oxygen atoms in total. The number of anilines is 1. The standard InChI is InChI=1S/C24H21N7/c1-15-6-8-17(9-7-15)31-23(18-5-4-12-28-22(18)26)30-21-11-10-20(29-24(21)31)19(14-27-3)16(2)13-25/h4-12,14H,1-3H3,(H2,26,28)/b19-16-,27-14?. The third-order valence-corrected chi connectivity index (χ3v) is 4.98. The molecule has 2 N–H and O–H groups in total. The van der Waals surface area contributed by atoms with Gasteiger partial charge in [-0.05, 0) is 50.2 Å². The van der Waals surface area contributed by atoms with E-state index in [1.807, 2.05) is 60.0 Å². The van der Waals surface area contributed by atoms with Crippen LogP contribution in [0.25, 0.3) is 33.8 Å². The lowest BCUT2D eigenvalue weighted by atomic mass is 10.1. The quantitative estimate of drug-likeness (QED) is 0.399. The number of pyridine rings is 2. The van der Waals surface area contributed by atoms with Crippen LogP contribution in [0.15, 0.2) is 65.3 Å². The SMILES string of the molecule is CN=C/C(=C(\C)C#N)c1ccc2nc(-c3cccnc3N)n(-c3ccc(C)cc3)c2n1. The smallest absolute Gasteiger partial charge is 0.165 e. The van der Waals surface area contributed by atoms with Crippen molar-refractivity contribution in [3.63, 3.8) is 0 Å². The number of rotatable bonds is 4. The van der Waals surface area contributed by atoms with Crippen LogP contribution in [-0.2, 0) is 0 Å². The van der Waals surface area contributed by atoms with Crippen LogP contribution < -0.4 is 5.73 Å². The molecule has 0 aliphatic rings. The van der Waals surface area contributed by atoms with E-state index in [0.29, 0.717) is 39.6 Å². The van der Waals surface area contributed by atoms with Gasteiger partial charge in [0.1, 0.15) is 11.3 Å². The van der Waals surface area contributed by atoms with Crippen LogP contribution in [0.1, 0.15) is 18.2 Å². The van der Waals surface area contributed by atoms with Gasteiger partial charge in [0.2, 0.25) is 0 Å². The van der Waals surface area contributed by atoms with Crippen molar-refractivity contribution in [2.24, 2.45) is 4.99 Å². The molecule has 0 atom stereocenters. The zero-order valence-electron chi connectivity index (χ0n) is 17.5. The van der Waals surface area contributed by atoms with Gasteiger partial charge in [0, 0.05) is 36.3 Å². The lowest BCUT2D eigenvalue weighted by molar-refractivity contribution is 1.07. The van der Waals surface area contributed by atoms with E-state index in [2.05, 4.69) is 16.0 Å². The van der Waals surface area contributed by atoms with Gasteiger partial charge in [-0.15, -0.1) is 0 Å². The largest absolute Gasteiger partial charge is 0.383 e. The summed E-state index contributed by atoms with van der Waals surface area (Å²) in [6.07, 6.45) is 3.30. The molecule has 7 heteroatoms. The van der Waals surface area contributed by atoms with Gasteiger partial charge in [0.25, 0.3) is 0 Å². The highest BCUT2D eigenvalue weighted by atomic mass is 15.1. The Bertz CT molecular complexity index is 1370. The molecule has 0 unspecified atom stereocenters. The molecule has 4 aromatic rings. The first-order chi connectivity index (χ1) is 15.0. The molecular weight excluding hydrogens is 386 g/mol. The van der Waals surface area contributed by atoms with Crippen molar-refractivity contribution in [2.75, 3.05) is 12.8 Å². The summed E-state index contributed by atoms with van der Waals surface area (Å²) in [5.74, 6) is 1.05. The number of hydrogen-bond donors (Lipinski definition) is 1. The Hall–Kier alpha value is -4.31. The number of nitrogens with two attached hydrogens (primary N) is 1. The molecule has 0 saturated carbocycles. The Kier molecular flexibility index (Phi) is 5.29. The molecule has 0 bridgehead atoms. The number of nitrogen functional groups attached to an aromatic ring is 1. The number of fused-ring (bicyclic) bond motifs is 1. The number of allylic oxidation sites excluding steroid dienone is 2. The Labute approximate surface area is 180 Å². The molecule has 0 aliphatic heterocycles. The number of benzene rings is 1. The number of nitriles is 1. The molecule has 0 aliphatic carbocycles. The first-order valence-electron chi connectivity index (χ1n) is 9.74. The topological polar surface area (TPSA) is 106 Å². The van der Waals surface area contributed by atoms with Gasteiger partial charge in [0.15, 0.2) is 11.5 Å². The van der Waals surface area contributed by atoms with Crippen molar-refractivity contribution in [1.29, 1.82) is 5.26 Å². The van der Waals surface area contributed by atoms with Gasteiger partial charge in [-0.3, -0.25) is 9.56 Å². The maximum absolute atomic E-state index is 9.41. The van der Waals surface area contributed by atoms with Crippen LogP contribution in [0.5, 0.6) is 0 Å². The molecule has 0 fully saturated rings. The second-order valence-electron chi connectivity index (χ2n) is 7.12. The fraction of sp³-hybridized carbons (Fsp3) is 0.125. The van der Waals surface area contributed by atoms with E-state index in [0.717, 1.165) is 16.8 Å². The normalized spacial score (nSPS) is 12.2. The first-order valence-corrected chi connectivity index (χ1v) is 9.74. The summed E-state index contributed by atoms with van der Waals surface area (Å²) >= 11 is 0. The van der Waals surface area contributed by atoms with E-state index in [-0.39, 0.29) is 0 Å². The Morgan fingerprint density at radius 2 is 1.90 bits per heavy atom. The molecule has 3 aromatic heterocycles. The predicted octanol–water partition coefficient (Wildman–Crippen LogP) is 4.37. The summed E-state index contributed by atoms with van der Waals surface area (Å²) in [7, 11) is 1.67. The molecule has 3 heterocycles. The summed E-state index contributed by atoms with van der Waals surface area (Å²) in [6, 6.07) is 17.8. The summed E-state index contributed by atoms with van der Waals surface area (Å²) in [6.45, 7) is 3.79. The van der Waals surface area contributed by atoms with E-state index >= 15 is 0 Å². The van der Waals surface area contributed by atoms with E-state index in [1.54, 1.807) is 26.4 Å². The Balaban J connectivity index is 2.06. The summed E-state index contributed by atoms with van der Waals surface area (Å²) in [5.41, 5.74) is 12.2.